The molecule has 0 aliphatic rings. The number of hydrogen-bond acceptors (Lipinski definition) is 7. The maximum absolute atomic E-state index is 13.3. The fraction of sp³-hybridized carbons (Fsp3) is 0.481. The zero-order valence-corrected chi connectivity index (χ0v) is 22.9. The quantitative estimate of drug-likeness (QED) is 0.104. The molecule has 232 valence electrons. The number of aryl methyl sites for hydroxylation is 1. The van der Waals surface area contributed by atoms with Gasteiger partial charge in [-0.05, 0) is 56.5 Å². The summed E-state index contributed by atoms with van der Waals surface area (Å²) in [6, 6.07) is 10.1. The minimum absolute atomic E-state index is 0.119. The van der Waals surface area contributed by atoms with E-state index < -0.39 is 48.0 Å². The first-order chi connectivity index (χ1) is 19.6. The first kappa shape index (κ1) is 34.2. The van der Waals surface area contributed by atoms with Crippen LogP contribution in [0, 0.1) is 17.0 Å². The molecule has 2 aromatic rings. The fourth-order valence-electron chi connectivity index (χ4n) is 3.73. The van der Waals surface area contributed by atoms with Gasteiger partial charge in [0.05, 0.1) is 17.5 Å². The summed E-state index contributed by atoms with van der Waals surface area (Å²) < 4.78 is 79.9. The molecule has 0 saturated heterocycles. The van der Waals surface area contributed by atoms with E-state index in [1.807, 2.05) is 0 Å². The molecule has 0 aromatic heterocycles. The smallest absolute Gasteiger partial charge is 0.453 e. The summed E-state index contributed by atoms with van der Waals surface area (Å²) in [6.07, 6.45) is -9.82. The number of benzene rings is 2. The highest BCUT2D eigenvalue weighted by atomic mass is 19.4. The number of amides is 1. The first-order valence-corrected chi connectivity index (χ1v) is 12.9. The van der Waals surface area contributed by atoms with Crippen molar-refractivity contribution < 1.29 is 55.8 Å². The van der Waals surface area contributed by atoms with E-state index in [0.717, 1.165) is 11.0 Å². The van der Waals surface area contributed by atoms with Crippen molar-refractivity contribution >= 4 is 17.7 Å². The molecule has 0 bridgehead atoms. The minimum atomic E-state index is -5.69. The van der Waals surface area contributed by atoms with E-state index in [9.17, 15) is 46.8 Å². The number of carbonyl (C=O) groups is 2. The van der Waals surface area contributed by atoms with Crippen molar-refractivity contribution in [1.82, 2.24) is 4.90 Å². The summed E-state index contributed by atoms with van der Waals surface area (Å²) in [5.41, 5.74) is 0.679. The summed E-state index contributed by atoms with van der Waals surface area (Å²) >= 11 is 0. The summed E-state index contributed by atoms with van der Waals surface area (Å²) in [4.78, 5) is 35.7. The molecule has 0 aliphatic carbocycles. The molecule has 1 amide bonds. The molecular formula is C27H31F5N2O8. The molecule has 2 rings (SSSR count). The summed E-state index contributed by atoms with van der Waals surface area (Å²) in [5.74, 6) is -5.78. The number of carboxylic acids is 1. The number of rotatable bonds is 16. The van der Waals surface area contributed by atoms with E-state index >= 15 is 0 Å². The van der Waals surface area contributed by atoms with Crippen LogP contribution in [-0.4, -0.2) is 71.5 Å². The largest absolute Gasteiger partial charge is 0.492 e. The average Bonchev–Trinajstić information content (AvgIpc) is 2.90. The molecule has 0 heterocycles. The number of nitro benzene ring substituents is 1. The van der Waals surface area contributed by atoms with Gasteiger partial charge >= 0.3 is 24.2 Å². The van der Waals surface area contributed by atoms with Crippen molar-refractivity contribution in [3.63, 3.8) is 0 Å². The van der Waals surface area contributed by atoms with Crippen molar-refractivity contribution in [3.8, 4) is 11.5 Å². The van der Waals surface area contributed by atoms with E-state index in [0.29, 0.717) is 16.9 Å². The van der Waals surface area contributed by atoms with Gasteiger partial charge in [-0.1, -0.05) is 12.1 Å². The van der Waals surface area contributed by atoms with Gasteiger partial charge in [0.25, 0.3) is 5.69 Å². The number of halogens is 5. The summed E-state index contributed by atoms with van der Waals surface area (Å²) in [6.45, 7) is 2.85. The number of alkyl halides is 5. The van der Waals surface area contributed by atoms with Crippen LogP contribution in [0.15, 0.2) is 42.5 Å². The molecule has 10 nitrogen and oxygen atoms in total. The molecule has 42 heavy (non-hydrogen) atoms. The van der Waals surface area contributed by atoms with Gasteiger partial charge in [0, 0.05) is 31.6 Å². The molecule has 15 heteroatoms. The third-order valence-electron chi connectivity index (χ3n) is 6.04. The Labute approximate surface area is 238 Å². The van der Waals surface area contributed by atoms with E-state index in [-0.39, 0.29) is 50.6 Å². The third-order valence-corrected chi connectivity index (χ3v) is 6.04. The van der Waals surface area contributed by atoms with Crippen LogP contribution in [0.25, 0.3) is 0 Å². The Bertz CT molecular complexity index is 1210. The van der Waals surface area contributed by atoms with E-state index in [4.69, 9.17) is 14.2 Å². The number of unbranched alkanes of at least 4 members (excludes halogenated alkanes) is 1. The molecule has 0 fully saturated rings. The second-order valence-corrected chi connectivity index (χ2v) is 9.20. The summed E-state index contributed by atoms with van der Waals surface area (Å²) in [5, 5.41) is 20.4. The van der Waals surface area contributed by atoms with Crippen LogP contribution < -0.4 is 9.47 Å². The second-order valence-electron chi connectivity index (χ2n) is 9.20. The molecule has 1 atom stereocenters. The lowest BCUT2D eigenvalue weighted by Gasteiger charge is -2.23. The second kappa shape index (κ2) is 15.3. The zero-order valence-electron chi connectivity index (χ0n) is 22.9. The topological polar surface area (TPSA) is 128 Å². The van der Waals surface area contributed by atoms with Crippen molar-refractivity contribution in [3.05, 3.63) is 63.7 Å². The van der Waals surface area contributed by atoms with Crippen LogP contribution in [0.1, 0.15) is 37.3 Å². The van der Waals surface area contributed by atoms with Gasteiger partial charge in [0.15, 0.2) is 6.10 Å². The van der Waals surface area contributed by atoms with Gasteiger partial charge in [-0.2, -0.15) is 22.0 Å². The Morgan fingerprint density at radius 3 is 2.24 bits per heavy atom. The van der Waals surface area contributed by atoms with Crippen LogP contribution >= 0.6 is 0 Å². The lowest BCUT2D eigenvalue weighted by atomic mass is 10.1. The molecule has 0 aliphatic heterocycles. The van der Waals surface area contributed by atoms with E-state index in [2.05, 4.69) is 0 Å². The highest BCUT2D eigenvalue weighted by Gasteiger charge is 2.56. The van der Waals surface area contributed by atoms with Crippen LogP contribution in [-0.2, 0) is 16.0 Å². The highest BCUT2D eigenvalue weighted by molar-refractivity contribution is 5.72. The molecule has 1 unspecified atom stereocenters. The molecular weight excluding hydrogens is 575 g/mol. The Morgan fingerprint density at radius 1 is 1.02 bits per heavy atom. The molecule has 1 N–H and O–H groups in total. The first-order valence-electron chi connectivity index (χ1n) is 12.9. The number of carboxylic acid groups (broad SMARTS) is 1. The van der Waals surface area contributed by atoms with Gasteiger partial charge in [0.2, 0.25) is 0 Å². The zero-order chi connectivity index (χ0) is 31.5. The monoisotopic (exact) mass is 606 g/mol. The predicted molar refractivity (Wildman–Crippen MR) is 139 cm³/mol. The number of aliphatic carboxylic acids is 1. The number of ether oxygens (including phenoxy) is 3. The SMILES string of the molecule is CCOC(Cc1ccc(OCCN(CCCCC(F)(F)C(F)(F)F)C(=O)Oc2ccc(C)c([N+](=O)[O-])c2)cc1)C(=O)O. The lowest BCUT2D eigenvalue weighted by molar-refractivity contribution is -0.385. The maximum Gasteiger partial charge on any atom is 0.453 e. The number of nitro groups is 1. The van der Waals surface area contributed by atoms with Gasteiger partial charge in [-0.15, -0.1) is 0 Å². The Kier molecular flexibility index (Phi) is 12.4. The van der Waals surface area contributed by atoms with Crippen molar-refractivity contribution in [2.24, 2.45) is 0 Å². The van der Waals surface area contributed by atoms with E-state index in [1.54, 1.807) is 31.2 Å². The standard InChI is InChI=1S/C27H31F5N2O8/c1-3-40-23(24(35)36)16-19-7-10-20(11-8-19)41-15-14-33(13-5-4-12-26(28,29)27(30,31)32)25(37)42-21-9-6-18(2)22(17-21)34(38)39/h6-11,17,23H,3-5,12-16H2,1-2H3,(H,35,36). The number of nitrogens with zero attached hydrogens (tertiary/aromatic N) is 2. The highest BCUT2D eigenvalue weighted by Crippen LogP contribution is 2.39. The summed E-state index contributed by atoms with van der Waals surface area (Å²) in [7, 11) is 0. The Morgan fingerprint density at radius 2 is 1.67 bits per heavy atom. The maximum atomic E-state index is 13.3. The lowest BCUT2D eigenvalue weighted by Crippen LogP contribution is -2.38. The average molecular weight is 607 g/mol. The van der Waals surface area contributed by atoms with Gasteiger partial charge in [0.1, 0.15) is 18.1 Å². The Hall–Kier alpha value is -4.01. The van der Waals surface area contributed by atoms with Gasteiger partial charge < -0.3 is 24.2 Å². The molecule has 0 spiro atoms. The van der Waals surface area contributed by atoms with E-state index in [1.165, 1.54) is 19.1 Å². The third kappa shape index (κ3) is 10.4. The number of carbonyl (C=O) groups excluding carboxylic acids is 1. The van der Waals surface area contributed by atoms with Crippen LogP contribution in [0.2, 0.25) is 0 Å². The molecule has 2 aromatic carbocycles. The molecule has 0 saturated carbocycles. The van der Waals surface area contributed by atoms with Crippen molar-refractivity contribution in [1.29, 1.82) is 0 Å². The fourth-order valence-corrected chi connectivity index (χ4v) is 3.73. The number of hydrogen-bond donors (Lipinski definition) is 1. The predicted octanol–water partition coefficient (Wildman–Crippen LogP) is 6.18. The Balaban J connectivity index is 2.04. The van der Waals surface area contributed by atoms with Gasteiger partial charge in [-0.3, -0.25) is 10.1 Å². The minimum Gasteiger partial charge on any atom is -0.492 e. The van der Waals surface area contributed by atoms with Gasteiger partial charge in [-0.25, -0.2) is 9.59 Å². The van der Waals surface area contributed by atoms with Crippen LogP contribution in [0.5, 0.6) is 11.5 Å². The van der Waals surface area contributed by atoms with Crippen LogP contribution in [0.3, 0.4) is 0 Å². The van der Waals surface area contributed by atoms with Crippen molar-refractivity contribution in [2.45, 2.75) is 57.7 Å². The normalized spacial score (nSPS) is 12.5. The van der Waals surface area contributed by atoms with Crippen LogP contribution in [0.4, 0.5) is 32.4 Å². The van der Waals surface area contributed by atoms with Crippen molar-refractivity contribution in [2.75, 3.05) is 26.3 Å². The molecule has 0 radical (unpaired) electrons.